The van der Waals surface area contributed by atoms with Gasteiger partial charge in [-0.1, -0.05) is 0 Å². The van der Waals surface area contributed by atoms with Crippen molar-refractivity contribution in [2.24, 2.45) is 0 Å². The van der Waals surface area contributed by atoms with Crippen molar-refractivity contribution >= 4 is 17.6 Å². The minimum absolute atomic E-state index is 0.122. The lowest BCUT2D eigenvalue weighted by atomic mass is 10.7. The van der Waals surface area contributed by atoms with Gasteiger partial charge in [0, 0.05) is 19.3 Å². The summed E-state index contributed by atoms with van der Waals surface area (Å²) in [6, 6.07) is 1.06. The zero-order valence-corrected chi connectivity index (χ0v) is 6.14. The summed E-state index contributed by atoms with van der Waals surface area (Å²) in [5, 5.41) is 2.39. The van der Waals surface area contributed by atoms with Gasteiger partial charge in [-0.15, -0.1) is 0 Å². The number of nitrogens with zero attached hydrogens (tertiary/aromatic N) is 1. The highest BCUT2D eigenvalue weighted by Gasteiger charge is 1.99. The summed E-state index contributed by atoms with van der Waals surface area (Å²) in [6.45, 7) is 0. The Labute approximate surface area is 61.2 Å². The molecule has 5 heteroatoms. The molecule has 1 heterocycles. The van der Waals surface area contributed by atoms with Gasteiger partial charge in [-0.3, -0.25) is 4.79 Å². The molecule has 1 aromatic rings. The fraction of sp³-hybridized carbons (Fsp3) is 0.200. The molecule has 0 aromatic carbocycles. The third kappa shape index (κ3) is 1.24. The van der Waals surface area contributed by atoms with Gasteiger partial charge < -0.3 is 5.32 Å². The summed E-state index contributed by atoms with van der Waals surface area (Å²) in [5.74, 6) is 0. The average Bonchev–Trinajstić information content (AvgIpc) is 2.34. The second-order valence-corrected chi connectivity index (χ2v) is 2.59. The number of hydrogen-bond acceptors (Lipinski definition) is 3. The number of carbonyl (C=O) groups is 1. The van der Waals surface area contributed by atoms with E-state index in [-0.39, 0.29) is 10.8 Å². The maximum absolute atomic E-state index is 10.8. The highest BCUT2D eigenvalue weighted by molar-refractivity contribution is 7.04. The molecule has 0 fully saturated rings. The van der Waals surface area contributed by atoms with Gasteiger partial charge in [0.05, 0.1) is 0 Å². The van der Waals surface area contributed by atoms with E-state index >= 15 is 0 Å². The second-order valence-electron chi connectivity index (χ2n) is 1.61. The largest absolute Gasteiger partial charge is 0.340 e. The molecule has 10 heavy (non-hydrogen) atoms. The Morgan fingerprint density at radius 3 is 2.90 bits per heavy atom. The molecule has 0 saturated heterocycles. The van der Waals surface area contributed by atoms with E-state index in [4.69, 9.17) is 0 Å². The molecular weight excluding hydrogens is 152 g/mol. The SMILES string of the molecule is CNC(=O)n1ccc(=O)s1. The maximum atomic E-state index is 10.8. The van der Waals surface area contributed by atoms with E-state index < -0.39 is 0 Å². The molecule has 4 nitrogen and oxygen atoms in total. The van der Waals surface area contributed by atoms with Crippen LogP contribution in [0, 0.1) is 0 Å². The van der Waals surface area contributed by atoms with Crippen molar-refractivity contribution in [2.75, 3.05) is 7.05 Å². The molecule has 0 bridgehead atoms. The molecule has 1 amide bonds. The third-order valence-electron chi connectivity index (χ3n) is 0.948. The molecule has 0 aliphatic heterocycles. The normalized spacial score (nSPS) is 9.30. The lowest BCUT2D eigenvalue weighted by molar-refractivity contribution is 0.246. The van der Waals surface area contributed by atoms with Gasteiger partial charge in [-0.25, -0.2) is 8.75 Å². The van der Waals surface area contributed by atoms with Crippen LogP contribution in [0.4, 0.5) is 4.79 Å². The van der Waals surface area contributed by atoms with E-state index in [1.54, 1.807) is 0 Å². The van der Waals surface area contributed by atoms with Crippen molar-refractivity contribution in [1.29, 1.82) is 0 Å². The van der Waals surface area contributed by atoms with Gasteiger partial charge in [0.1, 0.15) is 0 Å². The standard InChI is InChI=1S/C5H6N2O2S/c1-6-5(9)7-3-2-4(8)10-7/h2-3H,1H3,(H,6,9). The summed E-state index contributed by atoms with van der Waals surface area (Å²) < 4.78 is 1.12. The van der Waals surface area contributed by atoms with Crippen LogP contribution < -0.4 is 10.1 Å². The Hall–Kier alpha value is -1.10. The fourth-order valence-electron chi connectivity index (χ4n) is 0.506. The smallest absolute Gasteiger partial charge is 0.334 e. The highest BCUT2D eigenvalue weighted by atomic mass is 32.1. The monoisotopic (exact) mass is 158 g/mol. The van der Waals surface area contributed by atoms with Gasteiger partial charge in [0.25, 0.3) is 0 Å². The van der Waals surface area contributed by atoms with Crippen LogP contribution in [0.2, 0.25) is 0 Å². The number of rotatable bonds is 0. The van der Waals surface area contributed by atoms with Gasteiger partial charge in [-0.2, -0.15) is 0 Å². The van der Waals surface area contributed by atoms with Crippen LogP contribution in [-0.4, -0.2) is 17.0 Å². The maximum Gasteiger partial charge on any atom is 0.334 e. The molecule has 0 unspecified atom stereocenters. The van der Waals surface area contributed by atoms with E-state index in [2.05, 4.69) is 5.32 Å². The van der Waals surface area contributed by atoms with Crippen LogP contribution in [0.5, 0.6) is 0 Å². The molecule has 1 rings (SSSR count). The molecule has 0 spiro atoms. The first kappa shape index (κ1) is 7.01. The number of carbonyl (C=O) groups excluding carboxylic acids is 1. The van der Waals surface area contributed by atoms with E-state index in [1.807, 2.05) is 0 Å². The number of aromatic nitrogens is 1. The Morgan fingerprint density at radius 2 is 2.50 bits per heavy atom. The van der Waals surface area contributed by atoms with Crippen molar-refractivity contribution < 1.29 is 4.79 Å². The molecule has 0 atom stereocenters. The Bertz CT molecular complexity index is 288. The summed E-state index contributed by atoms with van der Waals surface area (Å²) >= 11 is 0.869. The molecule has 0 aliphatic rings. The number of amides is 1. The quantitative estimate of drug-likeness (QED) is 0.582. The summed E-state index contributed by atoms with van der Waals surface area (Å²) in [5.41, 5.74) is 0. The molecular formula is C5H6N2O2S. The van der Waals surface area contributed by atoms with Crippen LogP contribution in [-0.2, 0) is 0 Å². The topological polar surface area (TPSA) is 51.1 Å². The van der Waals surface area contributed by atoms with Crippen molar-refractivity contribution in [3.05, 3.63) is 21.8 Å². The first-order chi connectivity index (χ1) is 4.74. The lowest BCUT2D eigenvalue weighted by Gasteiger charge is -1.94. The third-order valence-corrected chi connectivity index (χ3v) is 1.75. The zero-order valence-electron chi connectivity index (χ0n) is 5.33. The van der Waals surface area contributed by atoms with Crippen molar-refractivity contribution in [3.63, 3.8) is 0 Å². The molecule has 0 aliphatic carbocycles. The number of hydrogen-bond donors (Lipinski definition) is 1. The molecule has 1 aromatic heterocycles. The number of nitrogens with one attached hydrogen (secondary N) is 1. The summed E-state index contributed by atoms with van der Waals surface area (Å²) in [7, 11) is 1.51. The predicted molar refractivity (Wildman–Crippen MR) is 38.4 cm³/mol. The highest BCUT2D eigenvalue weighted by Crippen LogP contribution is 1.89. The van der Waals surface area contributed by atoms with Crippen molar-refractivity contribution in [3.8, 4) is 0 Å². The van der Waals surface area contributed by atoms with Gasteiger partial charge in [0.2, 0.25) is 4.74 Å². The van der Waals surface area contributed by atoms with Gasteiger partial charge in [0.15, 0.2) is 0 Å². The van der Waals surface area contributed by atoms with Crippen LogP contribution in [0.15, 0.2) is 17.1 Å². The Morgan fingerprint density at radius 1 is 1.80 bits per heavy atom. The van der Waals surface area contributed by atoms with Crippen LogP contribution in [0.3, 0.4) is 0 Å². The first-order valence-corrected chi connectivity index (χ1v) is 3.42. The van der Waals surface area contributed by atoms with Crippen LogP contribution in [0.25, 0.3) is 0 Å². The van der Waals surface area contributed by atoms with Crippen LogP contribution in [0.1, 0.15) is 0 Å². The fourth-order valence-corrected chi connectivity index (χ4v) is 1.12. The molecule has 0 saturated carbocycles. The Balaban J connectivity index is 2.95. The van der Waals surface area contributed by atoms with E-state index in [9.17, 15) is 9.59 Å². The first-order valence-electron chi connectivity index (χ1n) is 2.65. The average molecular weight is 158 g/mol. The van der Waals surface area contributed by atoms with E-state index in [0.717, 1.165) is 11.5 Å². The Kier molecular flexibility index (Phi) is 1.86. The minimum atomic E-state index is -0.285. The molecule has 0 radical (unpaired) electrons. The van der Waals surface area contributed by atoms with Gasteiger partial charge >= 0.3 is 6.03 Å². The van der Waals surface area contributed by atoms with Crippen molar-refractivity contribution in [2.45, 2.75) is 0 Å². The lowest BCUT2D eigenvalue weighted by Crippen LogP contribution is -2.21. The predicted octanol–water partition coefficient (Wildman–Crippen LogP) is 0.0973. The summed E-state index contributed by atoms with van der Waals surface area (Å²) in [4.78, 5) is 21.3. The summed E-state index contributed by atoms with van der Waals surface area (Å²) in [6.07, 6.45) is 1.44. The van der Waals surface area contributed by atoms with E-state index in [0.29, 0.717) is 0 Å². The van der Waals surface area contributed by atoms with E-state index in [1.165, 1.54) is 23.3 Å². The second kappa shape index (κ2) is 2.66. The zero-order chi connectivity index (χ0) is 7.56. The van der Waals surface area contributed by atoms with Crippen molar-refractivity contribution in [1.82, 2.24) is 9.27 Å². The van der Waals surface area contributed by atoms with Gasteiger partial charge in [-0.05, 0) is 11.5 Å². The van der Waals surface area contributed by atoms with Crippen LogP contribution >= 0.6 is 11.5 Å². The molecule has 1 N–H and O–H groups in total. The minimum Gasteiger partial charge on any atom is -0.340 e. The molecule has 54 valence electrons.